The fraction of sp³-hybridized carbons (Fsp3) is 0.533. The number of hydrogen-bond acceptors (Lipinski definition) is 2. The van der Waals surface area contributed by atoms with E-state index in [-0.39, 0.29) is 11.4 Å². The lowest BCUT2D eigenvalue weighted by Crippen LogP contribution is -2.55. The maximum Gasteiger partial charge on any atom is 0.251 e. The van der Waals surface area contributed by atoms with Crippen molar-refractivity contribution in [2.24, 2.45) is 5.73 Å². The zero-order valence-electron chi connectivity index (χ0n) is 11.5. The number of nitrogens with two attached hydrogens (primary N) is 1. The van der Waals surface area contributed by atoms with Crippen LogP contribution in [0.15, 0.2) is 12.1 Å². The first-order valence-electron chi connectivity index (χ1n) is 6.56. The quantitative estimate of drug-likeness (QED) is 0.859. The fourth-order valence-electron chi connectivity index (χ4n) is 2.69. The van der Waals surface area contributed by atoms with Gasteiger partial charge in [0.05, 0.1) is 0 Å². The van der Waals surface area contributed by atoms with E-state index in [2.05, 4.69) is 5.32 Å². The maximum atomic E-state index is 12.2. The van der Waals surface area contributed by atoms with Crippen molar-refractivity contribution < 1.29 is 4.79 Å². The van der Waals surface area contributed by atoms with Gasteiger partial charge in [0.2, 0.25) is 0 Å². The standard InChI is InChI=1S/C15H22N2O/c1-10-7-11(2)13(12(3)8-10)14(18)17-9-15(16)5-4-6-15/h7-8H,4-6,9,16H2,1-3H3,(H,17,18). The van der Waals surface area contributed by atoms with Crippen LogP contribution in [0.1, 0.15) is 46.3 Å². The van der Waals surface area contributed by atoms with Gasteiger partial charge in [-0.15, -0.1) is 0 Å². The molecule has 1 aliphatic rings. The van der Waals surface area contributed by atoms with E-state index in [0.717, 1.165) is 29.5 Å². The van der Waals surface area contributed by atoms with Gasteiger partial charge < -0.3 is 11.1 Å². The summed E-state index contributed by atoms with van der Waals surface area (Å²) in [6.45, 7) is 6.59. The third-order valence-electron chi connectivity index (χ3n) is 3.85. The fourth-order valence-corrected chi connectivity index (χ4v) is 2.69. The summed E-state index contributed by atoms with van der Waals surface area (Å²) in [5.41, 5.74) is 10.00. The van der Waals surface area contributed by atoms with Gasteiger partial charge in [0.15, 0.2) is 0 Å². The minimum absolute atomic E-state index is 0.00160. The van der Waals surface area contributed by atoms with Crippen LogP contribution in [-0.4, -0.2) is 18.0 Å². The molecule has 3 N–H and O–H groups in total. The molecule has 1 aromatic carbocycles. The average Bonchev–Trinajstić information content (AvgIpc) is 2.22. The van der Waals surface area contributed by atoms with Gasteiger partial charge in [-0.3, -0.25) is 4.79 Å². The van der Waals surface area contributed by atoms with Crippen LogP contribution in [0.25, 0.3) is 0 Å². The Morgan fingerprint density at radius 3 is 2.28 bits per heavy atom. The molecule has 3 nitrogen and oxygen atoms in total. The van der Waals surface area contributed by atoms with E-state index in [9.17, 15) is 4.79 Å². The van der Waals surface area contributed by atoms with E-state index in [1.165, 1.54) is 12.0 Å². The van der Waals surface area contributed by atoms with Gasteiger partial charge in [0.25, 0.3) is 5.91 Å². The summed E-state index contributed by atoms with van der Waals surface area (Å²) in [5.74, 6) is 0.00160. The van der Waals surface area contributed by atoms with Crippen LogP contribution >= 0.6 is 0 Å². The van der Waals surface area contributed by atoms with Crippen LogP contribution in [0.4, 0.5) is 0 Å². The molecule has 18 heavy (non-hydrogen) atoms. The molecular formula is C15H22N2O. The Balaban J connectivity index is 2.09. The van der Waals surface area contributed by atoms with Gasteiger partial charge in [-0.25, -0.2) is 0 Å². The summed E-state index contributed by atoms with van der Waals surface area (Å²) in [4.78, 5) is 12.2. The molecule has 0 spiro atoms. The van der Waals surface area contributed by atoms with Gasteiger partial charge in [0, 0.05) is 17.6 Å². The van der Waals surface area contributed by atoms with E-state index in [4.69, 9.17) is 5.73 Å². The Morgan fingerprint density at radius 2 is 1.83 bits per heavy atom. The number of benzene rings is 1. The van der Waals surface area contributed by atoms with Crippen molar-refractivity contribution in [2.45, 2.75) is 45.6 Å². The van der Waals surface area contributed by atoms with E-state index in [0.29, 0.717) is 6.54 Å². The third-order valence-corrected chi connectivity index (χ3v) is 3.85. The maximum absolute atomic E-state index is 12.2. The highest BCUT2D eigenvalue weighted by atomic mass is 16.1. The first kappa shape index (κ1) is 13.1. The molecule has 1 fully saturated rings. The zero-order chi connectivity index (χ0) is 13.3. The lowest BCUT2D eigenvalue weighted by atomic mass is 9.77. The van der Waals surface area contributed by atoms with Crippen LogP contribution in [0.3, 0.4) is 0 Å². The molecule has 3 heteroatoms. The summed E-state index contributed by atoms with van der Waals surface area (Å²) in [7, 11) is 0. The predicted octanol–water partition coefficient (Wildman–Crippen LogP) is 2.22. The summed E-state index contributed by atoms with van der Waals surface area (Å²) < 4.78 is 0. The largest absolute Gasteiger partial charge is 0.350 e. The minimum Gasteiger partial charge on any atom is -0.350 e. The molecule has 0 aromatic heterocycles. The van der Waals surface area contributed by atoms with Crippen molar-refractivity contribution in [2.75, 3.05) is 6.54 Å². The van der Waals surface area contributed by atoms with Gasteiger partial charge in [0.1, 0.15) is 0 Å². The average molecular weight is 246 g/mol. The number of hydrogen-bond donors (Lipinski definition) is 2. The molecule has 0 saturated heterocycles. The Hall–Kier alpha value is -1.35. The molecule has 1 aliphatic carbocycles. The van der Waals surface area contributed by atoms with Crippen LogP contribution in [-0.2, 0) is 0 Å². The van der Waals surface area contributed by atoms with E-state index >= 15 is 0 Å². The van der Waals surface area contributed by atoms with Crippen molar-refractivity contribution in [3.63, 3.8) is 0 Å². The second-order valence-electron chi connectivity index (χ2n) is 5.67. The van der Waals surface area contributed by atoms with E-state index in [1.807, 2.05) is 32.9 Å². The SMILES string of the molecule is Cc1cc(C)c(C(=O)NCC2(N)CCC2)c(C)c1. The van der Waals surface area contributed by atoms with E-state index in [1.54, 1.807) is 0 Å². The number of carbonyl (C=O) groups excluding carboxylic acids is 1. The molecule has 0 bridgehead atoms. The van der Waals surface area contributed by atoms with Crippen molar-refractivity contribution in [1.29, 1.82) is 0 Å². The van der Waals surface area contributed by atoms with Crippen LogP contribution in [0.5, 0.6) is 0 Å². The Kier molecular flexibility index (Phi) is 3.44. The van der Waals surface area contributed by atoms with Crippen LogP contribution in [0.2, 0.25) is 0 Å². The number of rotatable bonds is 3. The first-order chi connectivity index (χ1) is 8.41. The molecule has 0 aliphatic heterocycles. The molecule has 0 atom stereocenters. The highest BCUT2D eigenvalue weighted by Gasteiger charge is 2.32. The smallest absolute Gasteiger partial charge is 0.251 e. The molecule has 1 aromatic rings. The summed E-state index contributed by atoms with van der Waals surface area (Å²) >= 11 is 0. The Morgan fingerprint density at radius 1 is 1.28 bits per heavy atom. The molecular weight excluding hydrogens is 224 g/mol. The van der Waals surface area contributed by atoms with Gasteiger partial charge in [-0.2, -0.15) is 0 Å². The lowest BCUT2D eigenvalue weighted by Gasteiger charge is -2.38. The molecule has 98 valence electrons. The monoisotopic (exact) mass is 246 g/mol. The highest BCUT2D eigenvalue weighted by molar-refractivity contribution is 5.97. The summed E-state index contributed by atoms with van der Waals surface area (Å²) in [6, 6.07) is 4.09. The lowest BCUT2D eigenvalue weighted by molar-refractivity contribution is 0.0928. The number of carbonyl (C=O) groups is 1. The minimum atomic E-state index is -0.165. The van der Waals surface area contributed by atoms with Crippen molar-refractivity contribution >= 4 is 5.91 Å². The number of nitrogens with one attached hydrogen (secondary N) is 1. The second-order valence-corrected chi connectivity index (χ2v) is 5.67. The molecule has 0 radical (unpaired) electrons. The number of amides is 1. The summed E-state index contributed by atoms with van der Waals surface area (Å²) in [6.07, 6.45) is 3.20. The van der Waals surface area contributed by atoms with Crippen molar-refractivity contribution in [1.82, 2.24) is 5.32 Å². The molecule has 1 amide bonds. The normalized spacial score (nSPS) is 17.1. The van der Waals surface area contributed by atoms with Gasteiger partial charge in [-0.1, -0.05) is 17.7 Å². The molecule has 0 heterocycles. The highest BCUT2D eigenvalue weighted by Crippen LogP contribution is 2.28. The molecule has 2 rings (SSSR count). The van der Waals surface area contributed by atoms with Crippen molar-refractivity contribution in [3.8, 4) is 0 Å². The van der Waals surface area contributed by atoms with Crippen LogP contribution < -0.4 is 11.1 Å². The summed E-state index contributed by atoms with van der Waals surface area (Å²) in [5, 5.41) is 2.98. The first-order valence-corrected chi connectivity index (χ1v) is 6.56. The van der Waals surface area contributed by atoms with Gasteiger partial charge in [-0.05, 0) is 51.2 Å². The Labute approximate surface area is 109 Å². The van der Waals surface area contributed by atoms with Crippen molar-refractivity contribution in [3.05, 3.63) is 34.4 Å². The number of aryl methyl sites for hydroxylation is 3. The Bertz CT molecular complexity index is 452. The molecule has 0 unspecified atom stereocenters. The third kappa shape index (κ3) is 2.56. The topological polar surface area (TPSA) is 55.1 Å². The van der Waals surface area contributed by atoms with Gasteiger partial charge >= 0.3 is 0 Å². The van der Waals surface area contributed by atoms with E-state index < -0.39 is 0 Å². The van der Waals surface area contributed by atoms with Crippen LogP contribution in [0, 0.1) is 20.8 Å². The predicted molar refractivity (Wildman–Crippen MR) is 73.8 cm³/mol. The molecule has 1 saturated carbocycles. The zero-order valence-corrected chi connectivity index (χ0v) is 11.5. The second kappa shape index (κ2) is 4.73.